The number of hydrogen-bond acceptors (Lipinski definition) is 4. The molecule has 0 bridgehead atoms. The van der Waals surface area contributed by atoms with Crippen molar-refractivity contribution in [1.29, 1.82) is 0 Å². The highest BCUT2D eigenvalue weighted by atomic mass is 19.1. The Kier molecular flexibility index (Phi) is 6.99. The van der Waals surface area contributed by atoms with E-state index in [2.05, 4.69) is 25.9 Å². The number of nitrogens with one attached hydrogen (secondary N) is 3. The molecule has 2 aromatic rings. The first kappa shape index (κ1) is 20.6. The summed E-state index contributed by atoms with van der Waals surface area (Å²) in [4.78, 5) is 22.0. The molecule has 1 aliphatic rings. The fourth-order valence-electron chi connectivity index (χ4n) is 3.31. The van der Waals surface area contributed by atoms with Gasteiger partial charge in [-0.25, -0.2) is 14.4 Å². The molecule has 1 aliphatic heterocycles. The van der Waals surface area contributed by atoms with E-state index in [-0.39, 0.29) is 17.8 Å². The minimum Gasteiger partial charge on any atom is -0.357 e. The standard InChI is InChI=1S/C21H27FN6O/c1-3-23-21(25-13-16-6-4-7-17(12-16)26-15(2)29)27-18-9-11-28(14-18)20-19(22)8-5-10-24-20/h4-8,10,12,18H,3,9,11,13-14H2,1-2H3,(H,26,29)(H2,23,25,27). The quantitative estimate of drug-likeness (QED) is 0.515. The maximum absolute atomic E-state index is 14.0. The third-order valence-electron chi connectivity index (χ3n) is 4.58. The number of aliphatic imine (C=N–C) groups is 1. The van der Waals surface area contributed by atoms with E-state index in [1.165, 1.54) is 13.0 Å². The second-order valence-corrected chi connectivity index (χ2v) is 6.96. The number of carbonyl (C=O) groups excluding carboxylic acids is 1. The number of anilines is 2. The molecule has 29 heavy (non-hydrogen) atoms. The van der Waals surface area contributed by atoms with Gasteiger partial charge in [-0.15, -0.1) is 0 Å². The molecule has 1 saturated heterocycles. The number of pyridine rings is 1. The van der Waals surface area contributed by atoms with Crippen molar-refractivity contribution in [1.82, 2.24) is 15.6 Å². The van der Waals surface area contributed by atoms with E-state index in [0.717, 1.165) is 30.8 Å². The topological polar surface area (TPSA) is 81.6 Å². The van der Waals surface area contributed by atoms with Gasteiger partial charge in [-0.2, -0.15) is 0 Å². The van der Waals surface area contributed by atoms with E-state index in [1.807, 2.05) is 36.1 Å². The molecular formula is C21H27FN6O. The van der Waals surface area contributed by atoms with Crippen LogP contribution in [-0.2, 0) is 11.3 Å². The summed E-state index contributed by atoms with van der Waals surface area (Å²) in [5.74, 6) is 0.711. The zero-order valence-electron chi connectivity index (χ0n) is 16.8. The molecule has 2 heterocycles. The summed E-state index contributed by atoms with van der Waals surface area (Å²) in [5.41, 5.74) is 1.75. The van der Waals surface area contributed by atoms with Crippen LogP contribution in [0.3, 0.4) is 0 Å². The molecule has 1 unspecified atom stereocenters. The largest absolute Gasteiger partial charge is 0.357 e. The van der Waals surface area contributed by atoms with Gasteiger partial charge in [0.05, 0.1) is 6.54 Å². The average Bonchev–Trinajstić information content (AvgIpc) is 3.15. The Bertz CT molecular complexity index is 872. The molecule has 8 heteroatoms. The van der Waals surface area contributed by atoms with Crippen LogP contribution < -0.4 is 20.9 Å². The normalized spacial score (nSPS) is 16.6. The van der Waals surface area contributed by atoms with Gasteiger partial charge in [0.1, 0.15) is 0 Å². The number of halogens is 1. The van der Waals surface area contributed by atoms with Crippen molar-refractivity contribution in [3.63, 3.8) is 0 Å². The van der Waals surface area contributed by atoms with Crippen molar-refractivity contribution in [3.8, 4) is 0 Å². The Hall–Kier alpha value is -3.16. The lowest BCUT2D eigenvalue weighted by Crippen LogP contribution is -2.44. The fraction of sp³-hybridized carbons (Fsp3) is 0.381. The van der Waals surface area contributed by atoms with Gasteiger partial charge in [0.15, 0.2) is 17.6 Å². The Labute approximate surface area is 170 Å². The monoisotopic (exact) mass is 398 g/mol. The highest BCUT2D eigenvalue weighted by Gasteiger charge is 2.25. The number of hydrogen-bond donors (Lipinski definition) is 3. The Morgan fingerprint density at radius 3 is 2.97 bits per heavy atom. The van der Waals surface area contributed by atoms with Crippen LogP contribution in [0.25, 0.3) is 0 Å². The number of nitrogens with zero attached hydrogens (tertiary/aromatic N) is 3. The second kappa shape index (κ2) is 9.86. The van der Waals surface area contributed by atoms with E-state index in [9.17, 15) is 9.18 Å². The van der Waals surface area contributed by atoms with Crippen molar-refractivity contribution in [2.45, 2.75) is 32.9 Å². The van der Waals surface area contributed by atoms with Crippen molar-refractivity contribution < 1.29 is 9.18 Å². The lowest BCUT2D eigenvalue weighted by atomic mass is 10.2. The van der Waals surface area contributed by atoms with Gasteiger partial charge in [0, 0.05) is 44.5 Å². The smallest absolute Gasteiger partial charge is 0.221 e. The maximum Gasteiger partial charge on any atom is 0.221 e. The molecule has 1 aromatic heterocycles. The maximum atomic E-state index is 14.0. The SMILES string of the molecule is CCNC(=NCc1cccc(NC(C)=O)c1)NC1CCN(c2ncccc2F)C1. The molecule has 1 fully saturated rings. The first-order valence-corrected chi connectivity index (χ1v) is 9.82. The molecule has 0 saturated carbocycles. The third kappa shape index (κ3) is 5.91. The molecule has 3 N–H and O–H groups in total. The summed E-state index contributed by atoms with van der Waals surface area (Å²) in [6, 6.07) is 10.8. The Morgan fingerprint density at radius 1 is 1.34 bits per heavy atom. The van der Waals surface area contributed by atoms with Crippen molar-refractivity contribution in [3.05, 3.63) is 54.0 Å². The van der Waals surface area contributed by atoms with Gasteiger partial charge >= 0.3 is 0 Å². The Morgan fingerprint density at radius 2 is 2.21 bits per heavy atom. The summed E-state index contributed by atoms with van der Waals surface area (Å²) in [5, 5.41) is 9.46. The Balaban J connectivity index is 1.61. The van der Waals surface area contributed by atoms with E-state index < -0.39 is 0 Å². The zero-order chi connectivity index (χ0) is 20.6. The van der Waals surface area contributed by atoms with Gasteiger partial charge in [0.2, 0.25) is 5.91 Å². The van der Waals surface area contributed by atoms with Crippen LogP contribution in [-0.4, -0.2) is 42.5 Å². The minimum atomic E-state index is -0.298. The van der Waals surface area contributed by atoms with Crippen LogP contribution in [0.15, 0.2) is 47.6 Å². The number of amides is 1. The predicted octanol–water partition coefficient (Wildman–Crippen LogP) is 2.51. The molecule has 7 nitrogen and oxygen atoms in total. The molecule has 0 radical (unpaired) electrons. The molecule has 1 atom stereocenters. The number of rotatable bonds is 6. The van der Waals surface area contributed by atoms with Crippen LogP contribution >= 0.6 is 0 Å². The van der Waals surface area contributed by atoms with E-state index in [0.29, 0.717) is 24.9 Å². The molecule has 154 valence electrons. The van der Waals surface area contributed by atoms with Crippen LogP contribution in [0.4, 0.5) is 15.9 Å². The number of benzene rings is 1. The summed E-state index contributed by atoms with van der Waals surface area (Å²) >= 11 is 0. The highest BCUT2D eigenvalue weighted by Crippen LogP contribution is 2.20. The summed E-state index contributed by atoms with van der Waals surface area (Å²) in [7, 11) is 0. The van der Waals surface area contributed by atoms with Crippen molar-refractivity contribution in [2.24, 2.45) is 4.99 Å². The number of guanidine groups is 1. The van der Waals surface area contributed by atoms with Gasteiger partial charge in [-0.3, -0.25) is 4.79 Å². The van der Waals surface area contributed by atoms with Gasteiger partial charge in [-0.1, -0.05) is 12.1 Å². The van der Waals surface area contributed by atoms with E-state index in [4.69, 9.17) is 0 Å². The van der Waals surface area contributed by atoms with Gasteiger partial charge in [-0.05, 0) is 43.2 Å². The van der Waals surface area contributed by atoms with Crippen LogP contribution in [0.5, 0.6) is 0 Å². The van der Waals surface area contributed by atoms with Gasteiger partial charge in [0.25, 0.3) is 0 Å². The lowest BCUT2D eigenvalue weighted by molar-refractivity contribution is -0.114. The third-order valence-corrected chi connectivity index (χ3v) is 4.58. The van der Waals surface area contributed by atoms with Crippen molar-refractivity contribution in [2.75, 3.05) is 29.9 Å². The summed E-state index contributed by atoms with van der Waals surface area (Å²) in [6.07, 6.45) is 2.48. The first-order valence-electron chi connectivity index (χ1n) is 9.82. The first-order chi connectivity index (χ1) is 14.0. The minimum absolute atomic E-state index is 0.101. The van der Waals surface area contributed by atoms with Crippen LogP contribution in [0.1, 0.15) is 25.8 Å². The molecular weight excluding hydrogens is 371 g/mol. The lowest BCUT2D eigenvalue weighted by Gasteiger charge is -2.20. The van der Waals surface area contributed by atoms with E-state index in [1.54, 1.807) is 12.3 Å². The number of aromatic nitrogens is 1. The second-order valence-electron chi connectivity index (χ2n) is 6.96. The summed E-state index contributed by atoms with van der Waals surface area (Å²) in [6.45, 7) is 6.12. The van der Waals surface area contributed by atoms with Crippen LogP contribution in [0.2, 0.25) is 0 Å². The van der Waals surface area contributed by atoms with Crippen molar-refractivity contribution >= 4 is 23.4 Å². The highest BCUT2D eigenvalue weighted by molar-refractivity contribution is 5.88. The molecule has 1 amide bonds. The summed E-state index contributed by atoms with van der Waals surface area (Å²) < 4.78 is 14.0. The average molecular weight is 398 g/mol. The number of carbonyl (C=O) groups is 1. The van der Waals surface area contributed by atoms with Gasteiger partial charge < -0.3 is 20.9 Å². The predicted molar refractivity (Wildman–Crippen MR) is 114 cm³/mol. The zero-order valence-corrected chi connectivity index (χ0v) is 16.8. The van der Waals surface area contributed by atoms with E-state index >= 15 is 0 Å². The molecule has 0 aliphatic carbocycles. The molecule has 3 rings (SSSR count). The molecule has 1 aromatic carbocycles. The van der Waals surface area contributed by atoms with Crippen LogP contribution in [0, 0.1) is 5.82 Å². The fourth-order valence-corrected chi connectivity index (χ4v) is 3.31. The molecule has 0 spiro atoms.